The number of hydrogen-bond acceptors (Lipinski definition) is 8. The van der Waals surface area contributed by atoms with Crippen molar-refractivity contribution in [2.75, 3.05) is 47.6 Å². The lowest BCUT2D eigenvalue weighted by atomic mass is 9.93. The van der Waals surface area contributed by atoms with Gasteiger partial charge in [0.05, 0.1) is 22.3 Å². The summed E-state index contributed by atoms with van der Waals surface area (Å²) in [5.74, 6) is -2.60. The van der Waals surface area contributed by atoms with Gasteiger partial charge in [-0.2, -0.15) is 5.10 Å². The highest BCUT2D eigenvalue weighted by Crippen LogP contribution is 2.54. The van der Waals surface area contributed by atoms with Crippen molar-refractivity contribution in [3.8, 4) is 0 Å². The first-order valence-electron chi connectivity index (χ1n) is 12.8. The number of benzene rings is 1. The number of piperidine rings is 2. The van der Waals surface area contributed by atoms with Crippen LogP contribution >= 0.6 is 0 Å². The number of alkyl halides is 2. The van der Waals surface area contributed by atoms with E-state index in [0.717, 1.165) is 32.2 Å². The van der Waals surface area contributed by atoms with E-state index in [4.69, 9.17) is 0 Å². The fourth-order valence-corrected chi connectivity index (χ4v) is 6.05. The normalized spacial score (nSPS) is 20.6. The van der Waals surface area contributed by atoms with Crippen LogP contribution in [0.25, 0.3) is 5.65 Å². The van der Waals surface area contributed by atoms with Crippen molar-refractivity contribution in [1.29, 1.82) is 0 Å². The second kappa shape index (κ2) is 8.85. The van der Waals surface area contributed by atoms with E-state index in [2.05, 4.69) is 25.3 Å². The predicted octanol–water partition coefficient (Wildman–Crippen LogP) is 3.40. The molecule has 0 unspecified atom stereocenters. The van der Waals surface area contributed by atoms with Gasteiger partial charge in [-0.3, -0.25) is 4.79 Å². The zero-order valence-electron chi connectivity index (χ0n) is 21.0. The summed E-state index contributed by atoms with van der Waals surface area (Å²) >= 11 is 0. The highest BCUT2D eigenvalue weighted by molar-refractivity contribution is 7.90. The van der Waals surface area contributed by atoms with Gasteiger partial charge >= 0.3 is 0 Å². The lowest BCUT2D eigenvalue weighted by Crippen LogP contribution is -2.40. The van der Waals surface area contributed by atoms with Crippen LogP contribution in [0.4, 0.5) is 26.1 Å². The lowest BCUT2D eigenvalue weighted by Gasteiger charge is -2.35. The molecule has 1 aromatic carbocycles. The molecule has 1 spiro atoms. The summed E-state index contributed by atoms with van der Waals surface area (Å²) in [6.07, 6.45) is 7.91. The van der Waals surface area contributed by atoms with Crippen LogP contribution in [0, 0.1) is 5.41 Å². The van der Waals surface area contributed by atoms with E-state index in [1.807, 2.05) is 0 Å². The minimum atomic E-state index is -3.47. The van der Waals surface area contributed by atoms with Crippen LogP contribution in [-0.2, 0) is 9.84 Å². The molecule has 3 aromatic rings. The maximum Gasteiger partial charge on any atom is 0.258 e. The van der Waals surface area contributed by atoms with Crippen LogP contribution in [0.2, 0.25) is 0 Å². The molecule has 3 fully saturated rings. The average molecular weight is 546 g/mol. The number of sulfone groups is 1. The Bertz CT molecular complexity index is 1500. The first-order valence-corrected chi connectivity index (χ1v) is 14.6. The van der Waals surface area contributed by atoms with E-state index in [1.54, 1.807) is 11.0 Å². The van der Waals surface area contributed by atoms with Crippen molar-refractivity contribution in [3.63, 3.8) is 0 Å². The standard InChI is InChI=1S/C25H29F2N7O3S/c1-38(36,37)17-2-3-18(19(14-17)32-10-6-24(4-5-24)7-11-32)23(35)31-20-15-34-21(28-16-29-34)22(30-20)33-12-8-25(26,27)9-13-33/h2-3,14-16H,4-13H2,1H3,(H,31,35). The van der Waals surface area contributed by atoms with E-state index in [1.165, 1.54) is 42.0 Å². The van der Waals surface area contributed by atoms with E-state index in [9.17, 15) is 22.0 Å². The predicted molar refractivity (Wildman–Crippen MR) is 138 cm³/mol. The van der Waals surface area contributed by atoms with E-state index in [-0.39, 0.29) is 36.6 Å². The highest BCUT2D eigenvalue weighted by atomic mass is 32.2. The summed E-state index contributed by atoms with van der Waals surface area (Å²) in [7, 11) is -3.47. The summed E-state index contributed by atoms with van der Waals surface area (Å²) < 4.78 is 53.5. The quantitative estimate of drug-likeness (QED) is 0.519. The Morgan fingerprint density at radius 2 is 1.68 bits per heavy atom. The number of carbonyl (C=O) groups excluding carboxylic acids is 1. The maximum absolute atomic E-state index is 13.7. The van der Waals surface area contributed by atoms with Crippen LogP contribution in [0.1, 0.15) is 48.9 Å². The number of rotatable bonds is 5. The van der Waals surface area contributed by atoms with Crippen molar-refractivity contribution in [2.24, 2.45) is 5.41 Å². The van der Waals surface area contributed by atoms with Crippen LogP contribution in [0.15, 0.2) is 35.6 Å². The molecule has 202 valence electrons. The molecular weight excluding hydrogens is 516 g/mol. The number of anilines is 3. The van der Waals surface area contributed by atoms with Gasteiger partial charge in [0.25, 0.3) is 11.8 Å². The molecule has 4 heterocycles. The number of carbonyl (C=O) groups is 1. The highest BCUT2D eigenvalue weighted by Gasteiger charge is 2.44. The van der Waals surface area contributed by atoms with Crippen LogP contribution < -0.4 is 15.1 Å². The van der Waals surface area contributed by atoms with Gasteiger partial charge in [-0.25, -0.2) is 31.7 Å². The van der Waals surface area contributed by atoms with Gasteiger partial charge in [0.2, 0.25) is 0 Å². The van der Waals surface area contributed by atoms with Gasteiger partial charge < -0.3 is 15.1 Å². The summed E-state index contributed by atoms with van der Waals surface area (Å²) in [4.78, 5) is 26.3. The summed E-state index contributed by atoms with van der Waals surface area (Å²) in [5.41, 5.74) is 1.73. The number of fused-ring (bicyclic) bond motifs is 1. The molecule has 3 aliphatic rings. The molecule has 2 saturated heterocycles. The fourth-order valence-electron chi connectivity index (χ4n) is 5.41. The molecule has 1 saturated carbocycles. The third kappa shape index (κ3) is 4.79. The molecule has 13 heteroatoms. The van der Waals surface area contributed by atoms with E-state index < -0.39 is 21.7 Å². The molecule has 2 aromatic heterocycles. The second-order valence-electron chi connectivity index (χ2n) is 10.7. The number of nitrogens with one attached hydrogen (secondary N) is 1. The SMILES string of the molecule is CS(=O)(=O)c1ccc(C(=O)Nc2cn3ncnc3c(N3CCC(F)(F)CC3)n2)c(N2CCC3(CC2)CC3)c1. The third-order valence-corrected chi connectivity index (χ3v) is 9.15. The number of halogens is 2. The number of hydrogen-bond donors (Lipinski definition) is 1. The van der Waals surface area contributed by atoms with E-state index >= 15 is 0 Å². The van der Waals surface area contributed by atoms with Crippen LogP contribution in [0.5, 0.6) is 0 Å². The minimum absolute atomic E-state index is 0.105. The number of amides is 1. The second-order valence-corrected chi connectivity index (χ2v) is 12.7. The Morgan fingerprint density at radius 1 is 1.00 bits per heavy atom. The Labute approximate surface area is 219 Å². The minimum Gasteiger partial charge on any atom is -0.371 e. The molecule has 1 aliphatic carbocycles. The monoisotopic (exact) mass is 545 g/mol. The van der Waals surface area contributed by atoms with Crippen molar-refractivity contribution in [1.82, 2.24) is 19.6 Å². The molecule has 0 radical (unpaired) electrons. The Kier molecular flexibility index (Phi) is 5.82. The Morgan fingerprint density at radius 3 is 2.34 bits per heavy atom. The summed E-state index contributed by atoms with van der Waals surface area (Å²) in [6, 6.07) is 4.54. The molecular formula is C25H29F2N7O3S. The van der Waals surface area contributed by atoms with Crippen molar-refractivity contribution < 1.29 is 22.0 Å². The van der Waals surface area contributed by atoms with Gasteiger partial charge in [0.15, 0.2) is 27.1 Å². The first kappa shape index (κ1) is 25.0. The topological polar surface area (TPSA) is 113 Å². The van der Waals surface area contributed by atoms with Gasteiger partial charge in [-0.05, 0) is 49.3 Å². The van der Waals surface area contributed by atoms with Crippen molar-refractivity contribution >= 4 is 38.7 Å². The average Bonchev–Trinajstić information content (AvgIpc) is 3.45. The zero-order valence-corrected chi connectivity index (χ0v) is 21.8. The fraction of sp³-hybridized carbons (Fsp3) is 0.520. The molecule has 38 heavy (non-hydrogen) atoms. The van der Waals surface area contributed by atoms with Gasteiger partial charge in [0.1, 0.15) is 6.33 Å². The van der Waals surface area contributed by atoms with Gasteiger partial charge in [0, 0.05) is 45.3 Å². The van der Waals surface area contributed by atoms with Crippen molar-refractivity contribution in [2.45, 2.75) is 49.3 Å². The van der Waals surface area contributed by atoms with Crippen LogP contribution in [-0.4, -0.2) is 72.3 Å². The molecule has 0 bridgehead atoms. The number of aromatic nitrogens is 4. The molecule has 0 atom stereocenters. The third-order valence-electron chi connectivity index (χ3n) is 8.04. The summed E-state index contributed by atoms with van der Waals surface area (Å²) in [5, 5.41) is 6.97. The molecule has 10 nitrogen and oxygen atoms in total. The lowest BCUT2D eigenvalue weighted by molar-refractivity contribution is -0.0221. The molecule has 2 aliphatic heterocycles. The first-order chi connectivity index (χ1) is 18.0. The smallest absolute Gasteiger partial charge is 0.258 e. The van der Waals surface area contributed by atoms with Gasteiger partial charge in [-0.1, -0.05) is 0 Å². The van der Waals surface area contributed by atoms with Crippen LogP contribution in [0.3, 0.4) is 0 Å². The molecule has 1 N–H and O–H groups in total. The maximum atomic E-state index is 13.7. The largest absolute Gasteiger partial charge is 0.371 e. The van der Waals surface area contributed by atoms with Gasteiger partial charge in [-0.15, -0.1) is 0 Å². The molecule has 6 rings (SSSR count). The zero-order chi connectivity index (χ0) is 26.7. The Hall–Kier alpha value is -3.35. The number of nitrogens with zero attached hydrogens (tertiary/aromatic N) is 6. The Balaban J connectivity index is 1.31. The van der Waals surface area contributed by atoms with Crippen molar-refractivity contribution in [3.05, 3.63) is 36.3 Å². The summed E-state index contributed by atoms with van der Waals surface area (Å²) in [6.45, 7) is 1.71. The molecule has 1 amide bonds. The van der Waals surface area contributed by atoms with E-state index in [0.29, 0.717) is 28.1 Å².